The van der Waals surface area contributed by atoms with E-state index in [0.29, 0.717) is 5.57 Å². The second-order valence-corrected chi connectivity index (χ2v) is 7.03. The van der Waals surface area contributed by atoms with Crippen LogP contribution in [-0.2, 0) is 14.3 Å². The molecule has 1 unspecified atom stereocenters. The second-order valence-electron chi connectivity index (χ2n) is 7.03. The molecule has 3 heteroatoms. The Hall–Kier alpha value is -1.61. The van der Waals surface area contributed by atoms with Crippen molar-refractivity contribution in [2.45, 2.75) is 51.2 Å². The van der Waals surface area contributed by atoms with Gasteiger partial charge in [0.05, 0.1) is 12.2 Å². The highest BCUT2D eigenvalue weighted by molar-refractivity contribution is 6.19. The van der Waals surface area contributed by atoms with E-state index in [2.05, 4.69) is 0 Å². The van der Waals surface area contributed by atoms with E-state index in [-0.39, 0.29) is 11.4 Å². The van der Waals surface area contributed by atoms with Crippen molar-refractivity contribution in [3.8, 4) is 0 Å². The Morgan fingerprint density at radius 1 is 1.05 bits per heavy atom. The van der Waals surface area contributed by atoms with E-state index in [1.54, 1.807) is 0 Å². The molecule has 2 aliphatic heterocycles. The van der Waals surface area contributed by atoms with Crippen molar-refractivity contribution in [3.63, 3.8) is 0 Å². The molecular formula is C19H22O3. The van der Waals surface area contributed by atoms with Crippen LogP contribution in [0.3, 0.4) is 0 Å². The van der Waals surface area contributed by atoms with Crippen molar-refractivity contribution in [2.24, 2.45) is 5.41 Å². The van der Waals surface area contributed by atoms with Gasteiger partial charge in [-0.15, -0.1) is 0 Å². The third-order valence-electron chi connectivity index (χ3n) is 5.60. The molecule has 0 amide bonds. The zero-order chi connectivity index (χ0) is 15.2. The fourth-order valence-corrected chi connectivity index (χ4v) is 4.35. The van der Waals surface area contributed by atoms with Crippen molar-refractivity contribution < 1.29 is 14.3 Å². The third-order valence-corrected chi connectivity index (χ3v) is 5.60. The largest absolute Gasteiger partial charge is 0.425 e. The molecule has 2 heterocycles. The Labute approximate surface area is 131 Å². The Morgan fingerprint density at radius 3 is 2.50 bits per heavy atom. The van der Waals surface area contributed by atoms with E-state index < -0.39 is 5.79 Å². The summed E-state index contributed by atoms with van der Waals surface area (Å²) in [6.45, 7) is 2.72. The summed E-state index contributed by atoms with van der Waals surface area (Å²) < 4.78 is 11.9. The van der Waals surface area contributed by atoms with Gasteiger partial charge in [-0.05, 0) is 25.3 Å². The number of carbonyl (C=O) groups is 1. The number of carbonyl (C=O) groups excluding carboxylic acids is 1. The molecule has 1 aliphatic carbocycles. The summed E-state index contributed by atoms with van der Waals surface area (Å²) in [5.41, 5.74) is 2.78. The molecule has 1 saturated heterocycles. The van der Waals surface area contributed by atoms with E-state index in [1.165, 1.54) is 32.1 Å². The van der Waals surface area contributed by atoms with Gasteiger partial charge in [0.25, 0.3) is 0 Å². The molecule has 1 saturated carbocycles. The number of hydrogen-bond donors (Lipinski definition) is 0. The highest BCUT2D eigenvalue weighted by Gasteiger charge is 2.57. The zero-order valence-electron chi connectivity index (χ0n) is 13.1. The molecule has 2 spiro atoms. The highest BCUT2D eigenvalue weighted by Crippen LogP contribution is 2.54. The van der Waals surface area contributed by atoms with Crippen molar-refractivity contribution in [2.75, 3.05) is 6.61 Å². The standard InChI is InChI=1S/C19H22O3/c1-14-16(15-8-4-2-5-9-15)17(20)22-19(14)12-18(13-21-19)10-6-3-7-11-18/h2,4-5,8-9H,3,6-7,10-13H2,1H3. The zero-order valence-corrected chi connectivity index (χ0v) is 13.1. The van der Waals surface area contributed by atoms with Crippen molar-refractivity contribution in [3.05, 3.63) is 41.5 Å². The van der Waals surface area contributed by atoms with Crippen LogP contribution < -0.4 is 0 Å². The monoisotopic (exact) mass is 298 g/mol. The van der Waals surface area contributed by atoms with Gasteiger partial charge in [0, 0.05) is 17.4 Å². The predicted molar refractivity (Wildman–Crippen MR) is 83.9 cm³/mol. The molecule has 4 rings (SSSR count). The molecule has 116 valence electrons. The summed E-state index contributed by atoms with van der Waals surface area (Å²) in [7, 11) is 0. The van der Waals surface area contributed by atoms with Gasteiger partial charge in [0.15, 0.2) is 0 Å². The van der Waals surface area contributed by atoms with Crippen molar-refractivity contribution in [1.29, 1.82) is 0 Å². The van der Waals surface area contributed by atoms with Crippen LogP contribution in [0.2, 0.25) is 0 Å². The van der Waals surface area contributed by atoms with Crippen LogP contribution in [0.5, 0.6) is 0 Å². The summed E-state index contributed by atoms with van der Waals surface area (Å²) in [5, 5.41) is 0. The smallest absolute Gasteiger partial charge is 0.341 e. The fourth-order valence-electron chi connectivity index (χ4n) is 4.35. The SMILES string of the molecule is CC1=C(c2ccccc2)C(=O)OC12CC1(CCCCC1)CO2. The van der Waals surface area contributed by atoms with Gasteiger partial charge in [-0.1, -0.05) is 49.6 Å². The number of hydrogen-bond acceptors (Lipinski definition) is 3. The van der Waals surface area contributed by atoms with Gasteiger partial charge in [-0.25, -0.2) is 4.79 Å². The number of esters is 1. The Morgan fingerprint density at radius 2 is 1.77 bits per heavy atom. The topological polar surface area (TPSA) is 35.5 Å². The van der Waals surface area contributed by atoms with E-state index in [9.17, 15) is 4.79 Å². The Balaban J connectivity index is 1.69. The molecule has 1 atom stereocenters. The first-order valence-electron chi connectivity index (χ1n) is 8.28. The quantitative estimate of drug-likeness (QED) is 0.733. The lowest BCUT2D eigenvalue weighted by Gasteiger charge is -2.32. The van der Waals surface area contributed by atoms with Gasteiger partial charge >= 0.3 is 5.97 Å². The van der Waals surface area contributed by atoms with Gasteiger partial charge < -0.3 is 9.47 Å². The molecule has 0 bridgehead atoms. The average molecular weight is 298 g/mol. The first kappa shape index (κ1) is 14.0. The van der Waals surface area contributed by atoms with E-state index in [4.69, 9.17) is 9.47 Å². The Bertz CT molecular complexity index is 625. The molecule has 3 aliphatic rings. The van der Waals surface area contributed by atoms with Gasteiger partial charge in [-0.2, -0.15) is 0 Å². The van der Waals surface area contributed by atoms with Crippen LogP contribution in [0.4, 0.5) is 0 Å². The van der Waals surface area contributed by atoms with Crippen LogP contribution in [-0.4, -0.2) is 18.4 Å². The average Bonchev–Trinajstić information content (AvgIpc) is 2.99. The first-order chi connectivity index (χ1) is 10.6. The Kier molecular flexibility index (Phi) is 3.15. The molecule has 0 aromatic heterocycles. The van der Waals surface area contributed by atoms with E-state index in [1.807, 2.05) is 37.3 Å². The summed E-state index contributed by atoms with van der Waals surface area (Å²) in [6.07, 6.45) is 7.07. The molecule has 3 nitrogen and oxygen atoms in total. The van der Waals surface area contributed by atoms with Crippen LogP contribution in [0.25, 0.3) is 5.57 Å². The normalized spacial score (nSPS) is 30.3. The maximum absolute atomic E-state index is 12.5. The van der Waals surface area contributed by atoms with Crippen LogP contribution in [0.1, 0.15) is 51.0 Å². The van der Waals surface area contributed by atoms with Crippen LogP contribution >= 0.6 is 0 Å². The molecule has 0 N–H and O–H groups in total. The second kappa shape index (κ2) is 4.95. The predicted octanol–water partition coefficient (Wildman–Crippen LogP) is 4.08. The molecular weight excluding hydrogens is 276 g/mol. The van der Waals surface area contributed by atoms with E-state index in [0.717, 1.165) is 24.2 Å². The lowest BCUT2D eigenvalue weighted by Crippen LogP contribution is -2.32. The summed E-state index contributed by atoms with van der Waals surface area (Å²) in [5.74, 6) is -1.05. The minimum Gasteiger partial charge on any atom is -0.425 e. The lowest BCUT2D eigenvalue weighted by atomic mass is 9.71. The van der Waals surface area contributed by atoms with Crippen LogP contribution in [0, 0.1) is 5.41 Å². The minimum atomic E-state index is -0.806. The van der Waals surface area contributed by atoms with Gasteiger partial charge in [0.1, 0.15) is 0 Å². The van der Waals surface area contributed by atoms with Crippen LogP contribution in [0.15, 0.2) is 35.9 Å². The summed E-state index contributed by atoms with van der Waals surface area (Å²) >= 11 is 0. The van der Waals surface area contributed by atoms with Crippen molar-refractivity contribution in [1.82, 2.24) is 0 Å². The van der Waals surface area contributed by atoms with E-state index >= 15 is 0 Å². The third kappa shape index (κ3) is 2.03. The molecule has 22 heavy (non-hydrogen) atoms. The van der Waals surface area contributed by atoms with Gasteiger partial charge in [0.2, 0.25) is 5.79 Å². The number of rotatable bonds is 1. The summed E-state index contributed by atoms with van der Waals surface area (Å²) in [6, 6.07) is 9.78. The molecule has 2 fully saturated rings. The lowest BCUT2D eigenvalue weighted by molar-refractivity contribution is -0.184. The molecule has 1 aromatic rings. The summed E-state index contributed by atoms with van der Waals surface area (Å²) in [4.78, 5) is 12.5. The maximum Gasteiger partial charge on any atom is 0.341 e. The fraction of sp³-hybridized carbons (Fsp3) is 0.526. The first-order valence-corrected chi connectivity index (χ1v) is 8.28. The highest BCUT2D eigenvalue weighted by atomic mass is 16.7. The number of ether oxygens (including phenoxy) is 2. The van der Waals surface area contributed by atoms with Gasteiger partial charge in [-0.3, -0.25) is 0 Å². The molecule has 1 aromatic carbocycles. The van der Waals surface area contributed by atoms with Crippen molar-refractivity contribution >= 4 is 11.5 Å². The number of benzene rings is 1. The maximum atomic E-state index is 12.5. The minimum absolute atomic E-state index is 0.214. The molecule has 0 radical (unpaired) electrons.